The first-order valence-electron chi connectivity index (χ1n) is 9.99. The molecule has 0 unspecified atom stereocenters. The van der Waals surface area contributed by atoms with E-state index in [1.807, 2.05) is 60.7 Å². The molecule has 8 nitrogen and oxygen atoms in total. The van der Waals surface area contributed by atoms with Gasteiger partial charge in [0.05, 0.1) is 7.11 Å². The molecule has 2 rings (SSSR count). The number of benzene rings is 2. The summed E-state index contributed by atoms with van der Waals surface area (Å²) in [4.78, 5) is 41.5. The Kier molecular flexibility index (Phi) is 10.0. The Morgan fingerprint density at radius 1 is 0.935 bits per heavy atom. The van der Waals surface area contributed by atoms with Gasteiger partial charge in [0, 0.05) is 13.5 Å². The number of esters is 1. The van der Waals surface area contributed by atoms with Crippen LogP contribution in [0, 0.1) is 0 Å². The van der Waals surface area contributed by atoms with Crippen molar-refractivity contribution in [2.24, 2.45) is 0 Å². The smallest absolute Gasteiger partial charge is 0.408 e. The quantitative estimate of drug-likeness (QED) is 0.436. The van der Waals surface area contributed by atoms with Crippen LogP contribution in [0.2, 0.25) is 0 Å². The van der Waals surface area contributed by atoms with Crippen LogP contribution in [0.5, 0.6) is 0 Å². The normalized spacial score (nSPS) is 11.3. The third kappa shape index (κ3) is 8.88. The van der Waals surface area contributed by atoms with Gasteiger partial charge in [-0.2, -0.15) is 0 Å². The van der Waals surface area contributed by atoms with E-state index in [0.29, 0.717) is 6.42 Å². The molecule has 0 fully saturated rings. The van der Waals surface area contributed by atoms with Gasteiger partial charge >= 0.3 is 12.1 Å². The summed E-state index contributed by atoms with van der Waals surface area (Å²) in [5.41, 5.74) is 1.77. The largest absolute Gasteiger partial charge is 0.467 e. The number of alkyl carbamates (subject to hydrolysis) is 1. The SMILES string of the molecule is COC(=O)[C@H](CCCN(OCc1ccccc1)C(C)=O)NC(=O)OCc1ccccc1. The number of hydrogen-bond donors (Lipinski definition) is 1. The molecular weight excluding hydrogens is 400 g/mol. The summed E-state index contributed by atoms with van der Waals surface area (Å²) in [6, 6.07) is 17.8. The van der Waals surface area contributed by atoms with Crippen molar-refractivity contribution in [2.45, 2.75) is 39.0 Å². The highest BCUT2D eigenvalue weighted by Gasteiger charge is 2.23. The van der Waals surface area contributed by atoms with Crippen molar-refractivity contribution in [3.05, 3.63) is 71.8 Å². The van der Waals surface area contributed by atoms with Crippen LogP contribution in [0.15, 0.2) is 60.7 Å². The van der Waals surface area contributed by atoms with E-state index in [1.165, 1.54) is 19.1 Å². The zero-order valence-electron chi connectivity index (χ0n) is 17.8. The lowest BCUT2D eigenvalue weighted by atomic mass is 10.1. The van der Waals surface area contributed by atoms with Crippen molar-refractivity contribution in [3.63, 3.8) is 0 Å². The third-order valence-electron chi connectivity index (χ3n) is 4.43. The standard InChI is InChI=1S/C23H28N2O6/c1-18(26)25(31-17-20-12-7-4-8-13-20)15-9-14-21(22(27)29-2)24-23(28)30-16-19-10-5-3-6-11-19/h3-8,10-13,21H,9,14-17H2,1-2H3,(H,24,28)/t21-/m0/s1. The van der Waals surface area contributed by atoms with Crippen molar-refractivity contribution in [3.8, 4) is 0 Å². The minimum atomic E-state index is -0.892. The van der Waals surface area contributed by atoms with Crippen molar-refractivity contribution in [2.75, 3.05) is 13.7 Å². The average Bonchev–Trinajstić information content (AvgIpc) is 2.79. The molecule has 1 N–H and O–H groups in total. The maximum atomic E-state index is 12.1. The number of hydrogen-bond acceptors (Lipinski definition) is 6. The first-order chi connectivity index (χ1) is 15.0. The molecule has 2 aromatic carbocycles. The van der Waals surface area contributed by atoms with Gasteiger partial charge in [0.1, 0.15) is 19.3 Å². The molecule has 0 bridgehead atoms. The molecule has 0 saturated heterocycles. The van der Waals surface area contributed by atoms with Gasteiger partial charge in [0.15, 0.2) is 0 Å². The van der Waals surface area contributed by atoms with Gasteiger partial charge in [0.2, 0.25) is 5.91 Å². The number of nitrogens with one attached hydrogen (secondary N) is 1. The predicted octanol–water partition coefficient (Wildman–Crippen LogP) is 3.21. The molecule has 166 valence electrons. The number of carbonyl (C=O) groups is 3. The van der Waals surface area contributed by atoms with Crippen LogP contribution in [-0.2, 0) is 37.1 Å². The Hall–Kier alpha value is -3.39. The van der Waals surface area contributed by atoms with E-state index in [0.717, 1.165) is 11.1 Å². The highest BCUT2D eigenvalue weighted by atomic mass is 16.7. The molecule has 1 atom stereocenters. The van der Waals surface area contributed by atoms with Crippen LogP contribution in [0.25, 0.3) is 0 Å². The molecule has 0 aliphatic rings. The highest BCUT2D eigenvalue weighted by molar-refractivity contribution is 5.81. The zero-order valence-corrected chi connectivity index (χ0v) is 17.8. The number of methoxy groups -OCH3 is 1. The summed E-state index contributed by atoms with van der Waals surface area (Å²) in [6.45, 7) is 2.01. The van der Waals surface area contributed by atoms with Gasteiger partial charge in [-0.25, -0.2) is 14.7 Å². The van der Waals surface area contributed by atoms with Gasteiger partial charge in [-0.1, -0.05) is 60.7 Å². The summed E-state index contributed by atoms with van der Waals surface area (Å²) < 4.78 is 9.92. The van der Waals surface area contributed by atoms with Gasteiger partial charge in [-0.15, -0.1) is 0 Å². The lowest BCUT2D eigenvalue weighted by molar-refractivity contribution is -0.189. The lowest BCUT2D eigenvalue weighted by Gasteiger charge is -2.22. The van der Waals surface area contributed by atoms with E-state index in [4.69, 9.17) is 14.3 Å². The summed E-state index contributed by atoms with van der Waals surface area (Å²) in [5.74, 6) is -0.836. The maximum absolute atomic E-state index is 12.1. The van der Waals surface area contributed by atoms with Crippen LogP contribution < -0.4 is 5.32 Å². The lowest BCUT2D eigenvalue weighted by Crippen LogP contribution is -2.42. The zero-order chi connectivity index (χ0) is 22.5. The second-order valence-electron chi connectivity index (χ2n) is 6.80. The summed E-state index contributed by atoms with van der Waals surface area (Å²) in [6.07, 6.45) is -0.0541. The van der Waals surface area contributed by atoms with Crippen LogP contribution in [0.1, 0.15) is 30.9 Å². The third-order valence-corrected chi connectivity index (χ3v) is 4.43. The monoisotopic (exact) mass is 428 g/mol. The number of hydroxylamine groups is 2. The fraction of sp³-hybridized carbons (Fsp3) is 0.348. The molecule has 0 aliphatic carbocycles. The van der Waals surface area contributed by atoms with Crippen molar-refractivity contribution >= 4 is 18.0 Å². The molecule has 2 aromatic rings. The molecule has 0 aromatic heterocycles. The van der Waals surface area contributed by atoms with Crippen molar-refractivity contribution < 1.29 is 28.7 Å². The molecule has 0 heterocycles. The second kappa shape index (κ2) is 13.0. The molecule has 0 radical (unpaired) electrons. The molecular formula is C23H28N2O6. The first kappa shape index (κ1) is 23.9. The summed E-state index contributed by atoms with van der Waals surface area (Å²) in [7, 11) is 1.25. The van der Waals surface area contributed by atoms with Crippen LogP contribution >= 0.6 is 0 Å². The molecule has 31 heavy (non-hydrogen) atoms. The van der Waals surface area contributed by atoms with Gasteiger partial charge in [-0.05, 0) is 24.0 Å². The van der Waals surface area contributed by atoms with Crippen LogP contribution in [0.4, 0.5) is 4.79 Å². The summed E-state index contributed by atoms with van der Waals surface area (Å²) >= 11 is 0. The average molecular weight is 428 g/mol. The molecule has 2 amide bonds. The Bertz CT molecular complexity index is 828. The Morgan fingerprint density at radius 3 is 2.06 bits per heavy atom. The minimum absolute atomic E-state index is 0.0893. The number of carbonyl (C=O) groups excluding carboxylic acids is 3. The first-order valence-corrected chi connectivity index (χ1v) is 9.99. The van der Waals surface area contributed by atoms with Gasteiger partial charge in [0.25, 0.3) is 0 Å². The van der Waals surface area contributed by atoms with E-state index in [2.05, 4.69) is 5.32 Å². The molecule has 0 saturated carbocycles. The van der Waals surface area contributed by atoms with Crippen LogP contribution in [0.3, 0.4) is 0 Å². The number of rotatable bonds is 11. The predicted molar refractivity (Wildman–Crippen MR) is 113 cm³/mol. The molecule has 0 spiro atoms. The number of nitrogens with zero attached hydrogens (tertiary/aromatic N) is 1. The number of amides is 2. The minimum Gasteiger partial charge on any atom is -0.467 e. The van der Waals surface area contributed by atoms with E-state index < -0.39 is 18.1 Å². The fourth-order valence-corrected chi connectivity index (χ4v) is 2.78. The highest BCUT2D eigenvalue weighted by Crippen LogP contribution is 2.08. The van der Waals surface area contributed by atoms with E-state index in [1.54, 1.807) is 0 Å². The van der Waals surface area contributed by atoms with Crippen LogP contribution in [-0.4, -0.2) is 42.7 Å². The van der Waals surface area contributed by atoms with Crippen molar-refractivity contribution in [1.82, 2.24) is 10.4 Å². The van der Waals surface area contributed by atoms with E-state index >= 15 is 0 Å². The maximum Gasteiger partial charge on any atom is 0.408 e. The second-order valence-corrected chi connectivity index (χ2v) is 6.80. The Morgan fingerprint density at radius 2 is 1.52 bits per heavy atom. The topological polar surface area (TPSA) is 94.2 Å². The molecule has 0 aliphatic heterocycles. The number of ether oxygens (including phenoxy) is 2. The Labute approximate surface area is 182 Å². The Balaban J connectivity index is 1.81. The van der Waals surface area contributed by atoms with E-state index in [9.17, 15) is 14.4 Å². The van der Waals surface area contributed by atoms with Gasteiger partial charge < -0.3 is 14.8 Å². The van der Waals surface area contributed by atoms with Crippen molar-refractivity contribution in [1.29, 1.82) is 0 Å². The fourth-order valence-electron chi connectivity index (χ4n) is 2.78. The molecule has 8 heteroatoms. The summed E-state index contributed by atoms with van der Waals surface area (Å²) in [5, 5.41) is 3.76. The van der Waals surface area contributed by atoms with Gasteiger partial charge in [-0.3, -0.25) is 9.63 Å². The van der Waals surface area contributed by atoms with E-state index in [-0.39, 0.29) is 32.1 Å².